The molecule has 45 heavy (non-hydrogen) atoms. The lowest BCUT2D eigenvalue weighted by molar-refractivity contribution is -0.192. The summed E-state index contributed by atoms with van der Waals surface area (Å²) in [7, 11) is 2.19. The lowest BCUT2D eigenvalue weighted by Gasteiger charge is -2.32. The van der Waals surface area contributed by atoms with Crippen molar-refractivity contribution in [3.8, 4) is 34.4 Å². The summed E-state index contributed by atoms with van der Waals surface area (Å²) in [6, 6.07) is 18.1. The number of carbonyl (C=O) groups is 2. The van der Waals surface area contributed by atoms with Gasteiger partial charge in [-0.1, -0.05) is 48.2 Å². The number of piperazine rings is 1. The Morgan fingerprint density at radius 1 is 1.09 bits per heavy atom. The van der Waals surface area contributed by atoms with Crippen LogP contribution in [0.15, 0.2) is 60.0 Å². The number of aromatic amines is 1. The Hall–Kier alpha value is -4.64. The van der Waals surface area contributed by atoms with Gasteiger partial charge in [0.1, 0.15) is 0 Å². The Labute approximate surface area is 262 Å². The fourth-order valence-electron chi connectivity index (χ4n) is 5.07. The molecule has 4 N–H and O–H groups in total. The summed E-state index contributed by atoms with van der Waals surface area (Å²) in [5, 5.41) is 22.7. The van der Waals surface area contributed by atoms with Gasteiger partial charge in [-0.05, 0) is 36.4 Å². The van der Waals surface area contributed by atoms with Crippen LogP contribution in [0.5, 0.6) is 0 Å². The number of halogens is 3. The molecule has 1 aliphatic carbocycles. The molecule has 1 fully saturated rings. The van der Waals surface area contributed by atoms with Crippen molar-refractivity contribution >= 4 is 29.0 Å². The van der Waals surface area contributed by atoms with Crippen molar-refractivity contribution < 1.29 is 27.9 Å². The van der Waals surface area contributed by atoms with Crippen LogP contribution in [0.4, 0.5) is 23.7 Å². The monoisotopic (exact) mass is 636 g/mol. The zero-order valence-corrected chi connectivity index (χ0v) is 25.2. The molecule has 0 bridgehead atoms. The van der Waals surface area contributed by atoms with E-state index in [1.54, 1.807) is 11.3 Å². The molecule has 234 valence electrons. The van der Waals surface area contributed by atoms with Gasteiger partial charge in [-0.15, -0.1) is 11.3 Å². The van der Waals surface area contributed by atoms with Crippen molar-refractivity contribution in [1.82, 2.24) is 25.3 Å². The summed E-state index contributed by atoms with van der Waals surface area (Å²) in [5.41, 5.74) is 9.24. The normalized spacial score (nSPS) is 14.3. The number of amides is 2. The highest BCUT2D eigenvalue weighted by Gasteiger charge is 2.38. The van der Waals surface area contributed by atoms with Crippen LogP contribution < -0.4 is 10.6 Å². The van der Waals surface area contributed by atoms with Gasteiger partial charge in [-0.3, -0.25) is 10.00 Å². The van der Waals surface area contributed by atoms with Crippen LogP contribution in [0, 0.1) is 11.8 Å². The van der Waals surface area contributed by atoms with E-state index in [1.807, 2.05) is 30.3 Å². The molecule has 0 radical (unpaired) electrons. The Morgan fingerprint density at radius 2 is 1.82 bits per heavy atom. The number of rotatable bonds is 5. The smallest absolute Gasteiger partial charge is 0.475 e. The van der Waals surface area contributed by atoms with Gasteiger partial charge in [0.2, 0.25) is 0 Å². The van der Waals surface area contributed by atoms with Gasteiger partial charge >= 0.3 is 18.2 Å². The molecule has 1 saturated heterocycles. The zero-order chi connectivity index (χ0) is 32.0. The third-order valence-corrected chi connectivity index (χ3v) is 8.22. The molecular formula is C32H31F3N6O3S. The van der Waals surface area contributed by atoms with E-state index in [1.165, 1.54) is 22.3 Å². The Kier molecular flexibility index (Phi) is 9.87. The van der Waals surface area contributed by atoms with Crippen LogP contribution in [0.25, 0.3) is 22.5 Å². The van der Waals surface area contributed by atoms with Gasteiger partial charge in [-0.25, -0.2) is 9.59 Å². The van der Waals surface area contributed by atoms with Crippen molar-refractivity contribution in [2.24, 2.45) is 0 Å². The average Bonchev–Trinajstić information content (AvgIpc) is 3.72. The maximum Gasteiger partial charge on any atom is 0.490 e. The van der Waals surface area contributed by atoms with E-state index < -0.39 is 12.1 Å². The molecule has 0 saturated carbocycles. The maximum absolute atomic E-state index is 12.0. The van der Waals surface area contributed by atoms with Crippen LogP contribution in [-0.4, -0.2) is 83.1 Å². The third-order valence-electron chi connectivity index (χ3n) is 7.37. The molecule has 1 aliphatic heterocycles. The number of nitrogens with one attached hydrogen (secondary N) is 3. The highest BCUT2D eigenvalue weighted by atomic mass is 32.1. The largest absolute Gasteiger partial charge is 0.490 e. The number of alkyl halides is 3. The molecule has 13 heteroatoms. The first-order valence-corrected chi connectivity index (χ1v) is 15.0. The second-order valence-electron chi connectivity index (χ2n) is 10.7. The summed E-state index contributed by atoms with van der Waals surface area (Å²) >= 11 is 1.60. The lowest BCUT2D eigenvalue weighted by Crippen LogP contribution is -2.43. The first kappa shape index (κ1) is 31.8. The summed E-state index contributed by atoms with van der Waals surface area (Å²) < 4.78 is 31.7. The summed E-state index contributed by atoms with van der Waals surface area (Å²) in [6.07, 6.45) is -4.19. The van der Waals surface area contributed by atoms with Crippen molar-refractivity contribution in [1.29, 1.82) is 0 Å². The summed E-state index contributed by atoms with van der Waals surface area (Å²) in [4.78, 5) is 26.8. The van der Waals surface area contributed by atoms with Crippen LogP contribution in [0.2, 0.25) is 0 Å². The fraction of sp³-hybridized carbons (Fsp3) is 0.281. The molecule has 2 amide bonds. The minimum absolute atomic E-state index is 0.268. The van der Waals surface area contributed by atoms with Crippen molar-refractivity contribution in [2.75, 3.05) is 45.1 Å². The number of fused-ring (bicyclic) bond motifs is 3. The number of aromatic nitrogens is 2. The molecule has 2 aliphatic rings. The van der Waals surface area contributed by atoms with E-state index in [2.05, 4.69) is 79.2 Å². The molecule has 2 aromatic heterocycles. The number of nitrogens with zero attached hydrogens (tertiary/aromatic N) is 3. The van der Waals surface area contributed by atoms with E-state index in [-0.39, 0.29) is 12.6 Å². The topological polar surface area (TPSA) is 114 Å². The highest BCUT2D eigenvalue weighted by molar-refractivity contribution is 7.11. The quantitative estimate of drug-likeness (QED) is 0.196. The molecule has 6 rings (SSSR count). The Morgan fingerprint density at radius 3 is 2.53 bits per heavy atom. The number of likely N-dealkylation sites (N-methyl/N-ethyl adjacent to an activating group) is 1. The number of carboxylic acid groups (broad SMARTS) is 1. The van der Waals surface area contributed by atoms with E-state index in [0.717, 1.165) is 66.7 Å². The first-order chi connectivity index (χ1) is 21.6. The number of carbonyl (C=O) groups excluding carboxylic acids is 1. The summed E-state index contributed by atoms with van der Waals surface area (Å²) in [5.74, 6) is 3.44. The van der Waals surface area contributed by atoms with Crippen LogP contribution in [0.1, 0.15) is 21.6 Å². The molecule has 4 aromatic rings. The molecular weight excluding hydrogens is 605 g/mol. The predicted octanol–water partition coefficient (Wildman–Crippen LogP) is 5.26. The van der Waals surface area contributed by atoms with Gasteiger partial charge in [0.05, 0.1) is 22.8 Å². The molecule has 0 atom stereocenters. The molecule has 0 spiro atoms. The van der Waals surface area contributed by atoms with E-state index in [9.17, 15) is 18.0 Å². The minimum atomic E-state index is -5.08. The number of thiophene rings is 1. The van der Waals surface area contributed by atoms with E-state index >= 15 is 0 Å². The minimum Gasteiger partial charge on any atom is -0.475 e. The van der Waals surface area contributed by atoms with Crippen molar-refractivity contribution in [3.63, 3.8) is 0 Å². The first-order valence-electron chi connectivity index (χ1n) is 14.1. The van der Waals surface area contributed by atoms with E-state index in [4.69, 9.17) is 9.90 Å². The van der Waals surface area contributed by atoms with Gasteiger partial charge in [0, 0.05) is 66.9 Å². The predicted molar refractivity (Wildman–Crippen MR) is 167 cm³/mol. The van der Waals surface area contributed by atoms with Crippen LogP contribution in [-0.2, 0) is 17.8 Å². The molecule has 9 nitrogen and oxygen atoms in total. The number of carboxylic acids is 1. The standard InChI is InChI=1S/C30H30N6OS.C2HF3O2/c1-35-12-14-36(15-13-35)19-21-9-10-26-22(16-21)18-27-28(33-34-29(26)27)23-17-25(38-20-23)8-5-11-31-30(37)32-24-6-3-2-4-7-24;3-2(4,5)1(6)7/h2-4,6-7,9-10,16-17,20H,11-15,18-19H2,1H3,(H,33,34)(H2,31,32,37);(H,6,7). The second kappa shape index (κ2) is 14.0. The van der Waals surface area contributed by atoms with Crippen molar-refractivity contribution in [3.05, 3.63) is 81.5 Å². The zero-order valence-electron chi connectivity index (χ0n) is 24.4. The molecule has 2 aromatic carbocycles. The number of anilines is 1. The number of hydrogen-bond acceptors (Lipinski definition) is 6. The number of para-hydroxylation sites is 1. The highest BCUT2D eigenvalue weighted by Crippen LogP contribution is 2.41. The lowest BCUT2D eigenvalue weighted by atomic mass is 10.0. The summed E-state index contributed by atoms with van der Waals surface area (Å²) in [6.45, 7) is 5.81. The van der Waals surface area contributed by atoms with Crippen LogP contribution >= 0.6 is 11.3 Å². The Bertz CT molecular complexity index is 1720. The fourth-order valence-corrected chi connectivity index (χ4v) is 5.83. The number of H-pyrrole nitrogens is 1. The van der Waals surface area contributed by atoms with Gasteiger partial charge in [0.25, 0.3) is 0 Å². The third kappa shape index (κ3) is 8.30. The molecule has 3 heterocycles. The average molecular weight is 637 g/mol. The molecule has 0 unspecified atom stereocenters. The second-order valence-corrected chi connectivity index (χ2v) is 11.6. The SMILES string of the molecule is CN1CCN(Cc2ccc3c(c2)Cc2c(-c4csc(C#CCNC(=O)Nc5ccccc5)c4)n[nH]c2-3)CC1.O=C(O)C(F)(F)F. The van der Waals surface area contributed by atoms with E-state index in [0.29, 0.717) is 0 Å². The van der Waals surface area contributed by atoms with Gasteiger partial charge in [0.15, 0.2) is 0 Å². The number of benzene rings is 2. The number of aliphatic carboxylic acids is 1. The van der Waals surface area contributed by atoms with Crippen molar-refractivity contribution in [2.45, 2.75) is 19.1 Å². The maximum atomic E-state index is 12.0. The van der Waals surface area contributed by atoms with Crippen LogP contribution in [0.3, 0.4) is 0 Å². The Balaban J connectivity index is 0.000000515. The number of hydrogen-bond donors (Lipinski definition) is 4. The van der Waals surface area contributed by atoms with Gasteiger partial charge in [-0.2, -0.15) is 18.3 Å². The van der Waals surface area contributed by atoms with Gasteiger partial charge < -0.3 is 20.6 Å². The number of urea groups is 1.